The van der Waals surface area contributed by atoms with Gasteiger partial charge in [-0.25, -0.2) is 4.98 Å². The van der Waals surface area contributed by atoms with Gasteiger partial charge in [0.1, 0.15) is 5.69 Å². The van der Waals surface area contributed by atoms with Gasteiger partial charge in [-0.1, -0.05) is 27.7 Å². The Hall–Kier alpha value is -1.46. The summed E-state index contributed by atoms with van der Waals surface area (Å²) in [7, 11) is 0. The van der Waals surface area contributed by atoms with Crippen LogP contribution in [0.5, 0.6) is 0 Å². The predicted molar refractivity (Wildman–Crippen MR) is 80.2 cm³/mol. The highest BCUT2D eigenvalue weighted by Gasteiger charge is 2.34. The van der Waals surface area contributed by atoms with Crippen LogP contribution in [0, 0.1) is 5.92 Å². The summed E-state index contributed by atoms with van der Waals surface area (Å²) in [4.78, 5) is 5.39. The second-order valence-electron chi connectivity index (χ2n) is 5.64. The normalized spacial score (nSPS) is 12.2. The smallest absolute Gasteiger partial charge is 0.396 e. The number of nitrogens with zero attached hydrogens (tertiary/aromatic N) is 2. The van der Waals surface area contributed by atoms with E-state index < -0.39 is 11.9 Å². The topological polar surface area (TPSA) is 42.2 Å². The van der Waals surface area contributed by atoms with Gasteiger partial charge in [0.05, 0.1) is 17.6 Å². The largest absolute Gasteiger partial charge is 0.433 e. The summed E-state index contributed by atoms with van der Waals surface area (Å²) in [5.74, 6) is 0.326. The van der Waals surface area contributed by atoms with Crippen LogP contribution < -0.4 is 10.6 Å². The third-order valence-corrected chi connectivity index (χ3v) is 3.46. The number of alkyl halides is 3. The van der Waals surface area contributed by atoms with Gasteiger partial charge in [0, 0.05) is 12.6 Å². The fourth-order valence-electron chi connectivity index (χ4n) is 2.43. The quantitative estimate of drug-likeness (QED) is 0.850. The van der Waals surface area contributed by atoms with Crippen molar-refractivity contribution in [1.82, 2.24) is 4.98 Å². The van der Waals surface area contributed by atoms with E-state index in [1.165, 1.54) is 0 Å². The molecule has 1 rings (SSSR count). The van der Waals surface area contributed by atoms with Crippen molar-refractivity contribution in [2.45, 2.75) is 52.8 Å². The monoisotopic (exact) mass is 303 g/mol. The molecule has 2 N–H and O–H groups in total. The van der Waals surface area contributed by atoms with Crippen molar-refractivity contribution >= 4 is 11.4 Å². The molecular formula is C15H24F3N3. The third kappa shape index (κ3) is 4.51. The van der Waals surface area contributed by atoms with Crippen LogP contribution in [0.15, 0.2) is 12.3 Å². The molecule has 0 aliphatic rings. The lowest BCUT2D eigenvalue weighted by atomic mass is 10.1. The van der Waals surface area contributed by atoms with Crippen LogP contribution in [0.4, 0.5) is 24.5 Å². The molecule has 0 spiro atoms. The van der Waals surface area contributed by atoms with Gasteiger partial charge in [-0.2, -0.15) is 13.2 Å². The van der Waals surface area contributed by atoms with Crippen molar-refractivity contribution in [2.75, 3.05) is 17.2 Å². The SMILES string of the molecule is CCC(CC)N(CC(C)C)c1cc(C(F)(F)F)ncc1N. The molecule has 0 bridgehead atoms. The Morgan fingerprint density at radius 3 is 2.24 bits per heavy atom. The molecule has 0 unspecified atom stereocenters. The Kier molecular flexibility index (Phi) is 5.87. The Morgan fingerprint density at radius 1 is 1.24 bits per heavy atom. The van der Waals surface area contributed by atoms with Crippen molar-refractivity contribution in [3.8, 4) is 0 Å². The van der Waals surface area contributed by atoms with E-state index in [1.807, 2.05) is 32.6 Å². The molecule has 0 amide bonds. The zero-order chi connectivity index (χ0) is 16.2. The van der Waals surface area contributed by atoms with E-state index in [0.29, 0.717) is 18.2 Å². The van der Waals surface area contributed by atoms with Crippen LogP contribution in [0.3, 0.4) is 0 Å². The van der Waals surface area contributed by atoms with Crippen LogP contribution in [-0.2, 0) is 6.18 Å². The summed E-state index contributed by atoms with van der Waals surface area (Å²) in [6, 6.07) is 1.23. The van der Waals surface area contributed by atoms with Gasteiger partial charge in [0.2, 0.25) is 0 Å². The highest BCUT2D eigenvalue weighted by atomic mass is 19.4. The van der Waals surface area contributed by atoms with Gasteiger partial charge in [0.15, 0.2) is 0 Å². The molecule has 6 heteroatoms. The lowest BCUT2D eigenvalue weighted by Gasteiger charge is -2.35. The van der Waals surface area contributed by atoms with Crippen molar-refractivity contribution in [3.05, 3.63) is 18.0 Å². The summed E-state index contributed by atoms with van der Waals surface area (Å²) < 4.78 is 38.6. The maximum Gasteiger partial charge on any atom is 0.433 e. The molecule has 1 aromatic rings. The number of nitrogens with two attached hydrogens (primary N) is 1. The van der Waals surface area contributed by atoms with Crippen LogP contribution in [0.2, 0.25) is 0 Å². The van der Waals surface area contributed by atoms with Crippen molar-refractivity contribution < 1.29 is 13.2 Å². The van der Waals surface area contributed by atoms with Crippen LogP contribution in [0.1, 0.15) is 46.2 Å². The zero-order valence-corrected chi connectivity index (χ0v) is 13.0. The number of halogens is 3. The van der Waals surface area contributed by atoms with E-state index in [1.54, 1.807) is 0 Å². The Bertz CT molecular complexity index is 454. The summed E-state index contributed by atoms with van der Waals surface area (Å²) in [5.41, 5.74) is 5.71. The second kappa shape index (κ2) is 7.00. The van der Waals surface area contributed by atoms with Gasteiger partial charge in [-0.3, -0.25) is 0 Å². The molecule has 0 aliphatic carbocycles. The minimum atomic E-state index is -4.46. The van der Waals surface area contributed by atoms with Gasteiger partial charge in [-0.05, 0) is 24.8 Å². The first-order valence-electron chi connectivity index (χ1n) is 7.30. The minimum absolute atomic E-state index is 0.165. The van der Waals surface area contributed by atoms with Crippen LogP contribution >= 0.6 is 0 Å². The van der Waals surface area contributed by atoms with Crippen LogP contribution in [-0.4, -0.2) is 17.6 Å². The molecule has 0 atom stereocenters. The first-order valence-corrected chi connectivity index (χ1v) is 7.30. The molecular weight excluding hydrogens is 279 g/mol. The molecule has 21 heavy (non-hydrogen) atoms. The van der Waals surface area contributed by atoms with E-state index >= 15 is 0 Å². The van der Waals surface area contributed by atoms with Gasteiger partial charge >= 0.3 is 6.18 Å². The molecule has 3 nitrogen and oxygen atoms in total. The number of rotatable bonds is 6. The zero-order valence-electron chi connectivity index (χ0n) is 13.0. The first kappa shape index (κ1) is 17.6. The van der Waals surface area contributed by atoms with E-state index in [2.05, 4.69) is 4.98 Å². The summed E-state index contributed by atoms with van der Waals surface area (Å²) >= 11 is 0. The number of hydrogen-bond acceptors (Lipinski definition) is 3. The summed E-state index contributed by atoms with van der Waals surface area (Å²) in [5, 5.41) is 0. The van der Waals surface area contributed by atoms with Crippen molar-refractivity contribution in [1.29, 1.82) is 0 Å². The first-order chi connectivity index (χ1) is 9.70. The van der Waals surface area contributed by atoms with Gasteiger partial charge < -0.3 is 10.6 Å². The lowest BCUT2D eigenvalue weighted by molar-refractivity contribution is -0.141. The Balaban J connectivity index is 3.28. The third-order valence-electron chi connectivity index (χ3n) is 3.46. The van der Waals surface area contributed by atoms with E-state index in [0.717, 1.165) is 25.1 Å². The minimum Gasteiger partial charge on any atom is -0.396 e. The van der Waals surface area contributed by atoms with Gasteiger partial charge in [-0.15, -0.1) is 0 Å². The molecule has 0 saturated heterocycles. The second-order valence-corrected chi connectivity index (χ2v) is 5.64. The standard InChI is InChI=1S/C15H24F3N3/c1-5-11(6-2)21(9-10(3)4)13-7-14(15(16,17)18)20-8-12(13)19/h7-8,10-11H,5-6,9,19H2,1-4H3. The Labute approximate surface area is 124 Å². The number of nitrogen functional groups attached to an aromatic ring is 1. The fraction of sp³-hybridized carbons (Fsp3) is 0.667. The average molecular weight is 303 g/mol. The van der Waals surface area contributed by atoms with E-state index in [9.17, 15) is 13.2 Å². The lowest BCUT2D eigenvalue weighted by Crippen LogP contribution is -2.38. The molecule has 0 saturated carbocycles. The van der Waals surface area contributed by atoms with E-state index in [-0.39, 0.29) is 11.7 Å². The molecule has 0 fully saturated rings. The van der Waals surface area contributed by atoms with E-state index in [4.69, 9.17) is 5.73 Å². The molecule has 0 aliphatic heterocycles. The maximum atomic E-state index is 12.9. The predicted octanol–water partition coefficient (Wildman–Crippen LogP) is 4.33. The maximum absolute atomic E-state index is 12.9. The molecule has 1 aromatic heterocycles. The highest BCUT2D eigenvalue weighted by Crippen LogP contribution is 2.34. The number of hydrogen-bond donors (Lipinski definition) is 1. The number of anilines is 2. The van der Waals surface area contributed by atoms with Gasteiger partial charge in [0.25, 0.3) is 0 Å². The Morgan fingerprint density at radius 2 is 1.81 bits per heavy atom. The summed E-state index contributed by atoms with van der Waals surface area (Å²) in [6.07, 6.45) is -1.65. The van der Waals surface area contributed by atoms with Crippen molar-refractivity contribution in [3.63, 3.8) is 0 Å². The average Bonchev–Trinajstić information content (AvgIpc) is 2.37. The molecule has 0 radical (unpaired) electrons. The summed E-state index contributed by atoms with van der Waals surface area (Å²) in [6.45, 7) is 8.81. The molecule has 120 valence electrons. The number of pyridine rings is 1. The molecule has 1 heterocycles. The number of aromatic nitrogens is 1. The molecule has 0 aromatic carbocycles. The highest BCUT2D eigenvalue weighted by molar-refractivity contribution is 5.67. The van der Waals surface area contributed by atoms with Crippen molar-refractivity contribution in [2.24, 2.45) is 5.92 Å². The van der Waals surface area contributed by atoms with Crippen LogP contribution in [0.25, 0.3) is 0 Å². The fourth-order valence-corrected chi connectivity index (χ4v) is 2.43.